The molecule has 1 atom stereocenters. The first-order valence-electron chi connectivity index (χ1n) is 4.75. The van der Waals surface area contributed by atoms with E-state index < -0.39 is 0 Å². The second-order valence-corrected chi connectivity index (χ2v) is 4.04. The number of ether oxygens (including phenoxy) is 1. The molecule has 0 saturated heterocycles. The average molecular weight is 187 g/mol. The minimum Gasteiger partial charge on any atom is -0.469 e. The summed E-state index contributed by atoms with van der Waals surface area (Å²) in [5, 5.41) is 3.32. The molecule has 0 fully saturated rings. The van der Waals surface area contributed by atoms with Gasteiger partial charge < -0.3 is 10.1 Å². The molecule has 3 heteroatoms. The Balaban J connectivity index is 3.82. The molecule has 0 aliphatic heterocycles. The van der Waals surface area contributed by atoms with Crippen LogP contribution in [-0.4, -0.2) is 25.2 Å². The van der Waals surface area contributed by atoms with E-state index in [0.717, 1.165) is 6.42 Å². The number of hydrogen-bond donors (Lipinski definition) is 1. The predicted octanol–water partition coefficient (Wildman–Crippen LogP) is 1.57. The molecule has 0 rings (SSSR count). The molecule has 0 saturated carbocycles. The Morgan fingerprint density at radius 2 is 2.08 bits per heavy atom. The summed E-state index contributed by atoms with van der Waals surface area (Å²) in [5.41, 5.74) is 0.0995. The highest BCUT2D eigenvalue weighted by Gasteiger charge is 2.18. The van der Waals surface area contributed by atoms with Crippen molar-refractivity contribution in [2.24, 2.45) is 5.92 Å². The lowest BCUT2D eigenvalue weighted by Gasteiger charge is -2.25. The summed E-state index contributed by atoms with van der Waals surface area (Å²) in [6, 6.07) is 0. The summed E-state index contributed by atoms with van der Waals surface area (Å²) in [4.78, 5) is 11.1. The molecular formula is C10H21NO2. The van der Waals surface area contributed by atoms with Crippen LogP contribution in [0.5, 0.6) is 0 Å². The zero-order valence-electron chi connectivity index (χ0n) is 9.31. The Hall–Kier alpha value is -0.570. The average Bonchev–Trinajstić information content (AvgIpc) is 2.13. The van der Waals surface area contributed by atoms with Gasteiger partial charge in [-0.25, -0.2) is 0 Å². The number of rotatable bonds is 5. The van der Waals surface area contributed by atoms with Crippen LogP contribution >= 0.6 is 0 Å². The highest BCUT2D eigenvalue weighted by Crippen LogP contribution is 2.08. The largest absolute Gasteiger partial charge is 0.469 e. The van der Waals surface area contributed by atoms with Gasteiger partial charge in [0.2, 0.25) is 0 Å². The van der Waals surface area contributed by atoms with Crippen LogP contribution < -0.4 is 5.32 Å². The summed E-state index contributed by atoms with van der Waals surface area (Å²) in [6.45, 7) is 8.90. The minimum atomic E-state index is -0.153. The Morgan fingerprint density at radius 3 is 2.46 bits per heavy atom. The molecule has 1 unspecified atom stereocenters. The lowest BCUT2D eigenvalue weighted by Crippen LogP contribution is -2.42. The zero-order valence-corrected chi connectivity index (χ0v) is 9.31. The molecule has 0 bridgehead atoms. The van der Waals surface area contributed by atoms with Crippen molar-refractivity contribution in [1.29, 1.82) is 0 Å². The van der Waals surface area contributed by atoms with Gasteiger partial charge in [0.05, 0.1) is 13.0 Å². The van der Waals surface area contributed by atoms with Crippen LogP contribution in [0, 0.1) is 5.92 Å². The fourth-order valence-corrected chi connectivity index (χ4v) is 0.839. The Kier molecular flexibility index (Phi) is 4.99. The molecule has 0 aliphatic rings. The van der Waals surface area contributed by atoms with Crippen molar-refractivity contribution >= 4 is 5.97 Å². The van der Waals surface area contributed by atoms with E-state index in [1.165, 1.54) is 7.11 Å². The van der Waals surface area contributed by atoms with Crippen molar-refractivity contribution in [2.75, 3.05) is 13.7 Å². The van der Waals surface area contributed by atoms with Gasteiger partial charge in [0.25, 0.3) is 0 Å². The fourth-order valence-electron chi connectivity index (χ4n) is 0.839. The number of nitrogens with one attached hydrogen (secondary N) is 1. The van der Waals surface area contributed by atoms with Crippen LogP contribution in [0.3, 0.4) is 0 Å². The van der Waals surface area contributed by atoms with E-state index in [4.69, 9.17) is 0 Å². The first-order chi connectivity index (χ1) is 5.93. The normalized spacial score (nSPS) is 13.9. The Morgan fingerprint density at radius 1 is 1.54 bits per heavy atom. The second kappa shape index (κ2) is 5.22. The molecule has 0 aliphatic carbocycles. The first kappa shape index (κ1) is 12.4. The molecule has 0 aromatic rings. The Bertz CT molecular complexity index is 166. The molecule has 3 nitrogen and oxygen atoms in total. The van der Waals surface area contributed by atoms with E-state index in [1.807, 2.05) is 6.92 Å². The SMILES string of the molecule is CCC(C)(C)NCC(C)C(=O)OC. The molecule has 0 amide bonds. The van der Waals surface area contributed by atoms with Gasteiger partial charge in [-0.2, -0.15) is 0 Å². The monoisotopic (exact) mass is 187 g/mol. The number of hydrogen-bond acceptors (Lipinski definition) is 3. The number of esters is 1. The van der Waals surface area contributed by atoms with Crippen molar-refractivity contribution < 1.29 is 9.53 Å². The lowest BCUT2D eigenvalue weighted by atomic mass is 10.0. The summed E-state index contributed by atoms with van der Waals surface area (Å²) < 4.78 is 4.63. The molecule has 0 aromatic heterocycles. The molecular weight excluding hydrogens is 166 g/mol. The number of carbonyl (C=O) groups is 1. The maximum atomic E-state index is 11.1. The van der Waals surface area contributed by atoms with E-state index >= 15 is 0 Å². The van der Waals surface area contributed by atoms with Gasteiger partial charge in [0.1, 0.15) is 0 Å². The third-order valence-corrected chi connectivity index (χ3v) is 2.37. The molecule has 13 heavy (non-hydrogen) atoms. The van der Waals surface area contributed by atoms with Gasteiger partial charge in [-0.15, -0.1) is 0 Å². The molecule has 0 radical (unpaired) electrons. The highest BCUT2D eigenvalue weighted by atomic mass is 16.5. The van der Waals surface area contributed by atoms with Gasteiger partial charge in [-0.3, -0.25) is 4.79 Å². The van der Waals surface area contributed by atoms with Gasteiger partial charge in [-0.1, -0.05) is 13.8 Å². The standard InChI is InChI=1S/C10H21NO2/c1-6-10(3,4)11-7-8(2)9(12)13-5/h8,11H,6-7H2,1-5H3. The molecule has 1 N–H and O–H groups in total. The smallest absolute Gasteiger partial charge is 0.309 e. The molecule has 0 spiro atoms. The van der Waals surface area contributed by atoms with E-state index in [2.05, 4.69) is 30.8 Å². The zero-order chi connectivity index (χ0) is 10.5. The quantitative estimate of drug-likeness (QED) is 0.664. The van der Waals surface area contributed by atoms with Crippen LogP contribution in [-0.2, 0) is 9.53 Å². The van der Waals surface area contributed by atoms with Crippen LogP contribution in [0.4, 0.5) is 0 Å². The summed E-state index contributed by atoms with van der Waals surface area (Å²) in [7, 11) is 1.42. The Labute approximate surface area is 80.8 Å². The van der Waals surface area contributed by atoms with Crippen molar-refractivity contribution in [3.63, 3.8) is 0 Å². The van der Waals surface area contributed by atoms with Crippen LogP contribution in [0.2, 0.25) is 0 Å². The number of methoxy groups -OCH3 is 1. The maximum absolute atomic E-state index is 11.1. The van der Waals surface area contributed by atoms with E-state index in [-0.39, 0.29) is 17.4 Å². The third kappa shape index (κ3) is 4.88. The van der Waals surface area contributed by atoms with Gasteiger partial charge >= 0.3 is 5.97 Å². The van der Waals surface area contributed by atoms with Gasteiger partial charge in [-0.05, 0) is 20.3 Å². The third-order valence-electron chi connectivity index (χ3n) is 2.37. The van der Waals surface area contributed by atoms with E-state index in [1.54, 1.807) is 0 Å². The number of carbonyl (C=O) groups excluding carboxylic acids is 1. The van der Waals surface area contributed by atoms with Crippen LogP contribution in [0.15, 0.2) is 0 Å². The first-order valence-corrected chi connectivity index (χ1v) is 4.75. The summed E-state index contributed by atoms with van der Waals surface area (Å²) in [6.07, 6.45) is 1.04. The highest BCUT2D eigenvalue weighted by molar-refractivity contribution is 5.72. The van der Waals surface area contributed by atoms with E-state index in [0.29, 0.717) is 6.54 Å². The van der Waals surface area contributed by atoms with E-state index in [9.17, 15) is 4.79 Å². The van der Waals surface area contributed by atoms with Crippen molar-refractivity contribution in [1.82, 2.24) is 5.32 Å². The fraction of sp³-hybridized carbons (Fsp3) is 0.900. The maximum Gasteiger partial charge on any atom is 0.309 e. The van der Waals surface area contributed by atoms with Crippen LogP contribution in [0.1, 0.15) is 34.1 Å². The minimum absolute atomic E-state index is 0.0733. The van der Waals surface area contributed by atoms with Crippen LogP contribution in [0.25, 0.3) is 0 Å². The predicted molar refractivity (Wildman–Crippen MR) is 53.6 cm³/mol. The molecule has 0 aromatic carbocycles. The summed E-state index contributed by atoms with van der Waals surface area (Å²) >= 11 is 0. The second-order valence-electron chi connectivity index (χ2n) is 4.04. The summed E-state index contributed by atoms with van der Waals surface area (Å²) in [5.74, 6) is -0.227. The van der Waals surface area contributed by atoms with Crippen molar-refractivity contribution in [3.05, 3.63) is 0 Å². The van der Waals surface area contributed by atoms with Crippen molar-refractivity contribution in [3.8, 4) is 0 Å². The lowest BCUT2D eigenvalue weighted by molar-refractivity contribution is -0.144. The van der Waals surface area contributed by atoms with Crippen molar-refractivity contribution in [2.45, 2.75) is 39.7 Å². The van der Waals surface area contributed by atoms with Gasteiger partial charge in [0.15, 0.2) is 0 Å². The van der Waals surface area contributed by atoms with Gasteiger partial charge in [0, 0.05) is 12.1 Å². The molecule has 78 valence electrons. The molecule has 0 heterocycles. The topological polar surface area (TPSA) is 38.3 Å².